The van der Waals surface area contributed by atoms with Crippen LogP contribution in [0.2, 0.25) is 0 Å². The van der Waals surface area contributed by atoms with Gasteiger partial charge >= 0.3 is 88.5 Å². The fourth-order valence-corrected chi connectivity index (χ4v) is 2.85. The Hall–Kier alpha value is -0.970. The first-order chi connectivity index (χ1) is 6.45. The molecule has 0 amide bonds. The predicted molar refractivity (Wildman–Crippen MR) is 44.1 cm³/mol. The molecule has 3 heteroatoms. The van der Waals surface area contributed by atoms with Crippen molar-refractivity contribution in [1.82, 2.24) is 0 Å². The van der Waals surface area contributed by atoms with E-state index in [2.05, 4.69) is 54.6 Å². The zero-order chi connectivity index (χ0) is 8.93. The maximum atomic E-state index is 2.24. The average molecular weight is 285 g/mol. The van der Waals surface area contributed by atoms with Crippen molar-refractivity contribution < 1.29 is 27.3 Å². The molecule has 2 heterocycles. The first-order valence-corrected chi connectivity index (χ1v) is 5.97. The second-order valence-electron chi connectivity index (χ2n) is 2.52. The Morgan fingerprint density at radius 3 is 1.31 bits per heavy atom. The van der Waals surface area contributed by atoms with Crippen LogP contribution in [-0.2, 0) is 0 Å². The van der Waals surface area contributed by atoms with Crippen LogP contribution in [-0.4, -0.2) is 0 Å². The molecule has 2 nitrogen and oxygen atoms in total. The van der Waals surface area contributed by atoms with Gasteiger partial charge in [0, 0.05) is 0 Å². The molecule has 0 aliphatic rings. The maximum absolute atomic E-state index is 2.24. The topological polar surface area (TPSA) is 7.76 Å². The normalized spacial score (nSPS) is 10.2. The van der Waals surface area contributed by atoms with E-state index in [1.54, 1.807) is 0 Å². The van der Waals surface area contributed by atoms with Gasteiger partial charge in [0.15, 0.2) is 0 Å². The van der Waals surface area contributed by atoms with Crippen molar-refractivity contribution in [1.29, 1.82) is 0 Å². The Bertz CT molecular complexity index is 324. The molecule has 13 heavy (non-hydrogen) atoms. The number of pyridine rings is 2. The molecule has 2 rings (SSSR count). The molecule has 0 radical (unpaired) electrons. The molecule has 0 spiro atoms. The van der Waals surface area contributed by atoms with Crippen LogP contribution < -0.4 is 27.3 Å². The van der Waals surface area contributed by atoms with E-state index in [0.717, 1.165) is 0 Å². The van der Waals surface area contributed by atoms with Gasteiger partial charge in [0.2, 0.25) is 0 Å². The van der Waals surface area contributed by atoms with Crippen molar-refractivity contribution in [2.24, 2.45) is 0 Å². The van der Waals surface area contributed by atoms with Gasteiger partial charge in [-0.3, -0.25) is 0 Å². The molecule has 0 saturated heterocycles. The van der Waals surface area contributed by atoms with E-state index in [0.29, 0.717) is 0 Å². The molecule has 0 N–H and O–H groups in total. The average Bonchev–Trinajstić information content (AvgIpc) is 2.21. The quantitative estimate of drug-likeness (QED) is 0.543. The van der Waals surface area contributed by atoms with Gasteiger partial charge in [0.25, 0.3) is 0 Å². The third-order valence-electron chi connectivity index (χ3n) is 1.53. The van der Waals surface area contributed by atoms with Gasteiger partial charge in [-0.25, -0.2) is 0 Å². The molecule has 2 aromatic rings. The Kier molecular flexibility index (Phi) is 2.86. The molecule has 66 valence electrons. The van der Waals surface area contributed by atoms with E-state index in [1.807, 2.05) is 12.1 Å². The van der Waals surface area contributed by atoms with Gasteiger partial charge < -0.3 is 0 Å². The second-order valence-corrected chi connectivity index (χ2v) is 5.17. The Labute approximate surface area is 88.4 Å². The summed E-state index contributed by atoms with van der Waals surface area (Å²) in [7, 11) is 0. The zero-order valence-electron chi connectivity index (χ0n) is 7.05. The van der Waals surface area contributed by atoms with Crippen LogP contribution in [0, 0.1) is 0 Å². The minimum absolute atomic E-state index is 0.138. The van der Waals surface area contributed by atoms with Crippen molar-refractivity contribution in [2.45, 2.75) is 0 Å². The summed E-state index contributed by atoms with van der Waals surface area (Å²) < 4.78 is 4.47. The molecule has 2 aromatic heterocycles. The predicted octanol–water partition coefficient (Wildman–Crippen LogP) is -2.42. The molecule has 0 aromatic carbocycles. The molecule has 0 unspecified atom stereocenters. The summed E-state index contributed by atoms with van der Waals surface area (Å²) in [5.74, 6) is 0. The molecular formula is C10H10IN2+. The summed E-state index contributed by atoms with van der Waals surface area (Å²) in [5, 5.41) is 0. The molecule has 0 fully saturated rings. The first-order valence-electron chi connectivity index (χ1n) is 4.04. The Morgan fingerprint density at radius 2 is 0.923 bits per heavy atom. The number of halogens is 1. The summed E-state index contributed by atoms with van der Waals surface area (Å²) in [6, 6.07) is 12.3. The molecule has 0 saturated carbocycles. The van der Waals surface area contributed by atoms with Gasteiger partial charge in [-0.2, -0.15) is 0 Å². The second kappa shape index (κ2) is 4.32. The van der Waals surface area contributed by atoms with E-state index in [9.17, 15) is 0 Å². The molecule has 0 aliphatic heterocycles. The molecular weight excluding hydrogens is 275 g/mol. The van der Waals surface area contributed by atoms with Gasteiger partial charge in [-0.05, 0) is 0 Å². The van der Waals surface area contributed by atoms with Crippen LogP contribution >= 0.6 is 0 Å². The standard InChI is InChI=1S/C10H10IN2/c1-3-7-12(8-4-1)11-13-9-5-2-6-10-13/h1-10H/q+1. The van der Waals surface area contributed by atoms with Crippen LogP contribution in [0.15, 0.2) is 61.2 Å². The van der Waals surface area contributed by atoms with Crippen molar-refractivity contribution in [3.8, 4) is 0 Å². The fourth-order valence-electron chi connectivity index (χ4n) is 0.957. The summed E-state index contributed by atoms with van der Waals surface area (Å²) in [6.45, 7) is 0. The third kappa shape index (κ3) is 2.48. The van der Waals surface area contributed by atoms with E-state index >= 15 is 0 Å². The van der Waals surface area contributed by atoms with E-state index in [1.165, 1.54) is 0 Å². The van der Waals surface area contributed by atoms with Crippen LogP contribution in [0.25, 0.3) is 0 Å². The van der Waals surface area contributed by atoms with Crippen LogP contribution in [0.3, 0.4) is 0 Å². The van der Waals surface area contributed by atoms with Crippen molar-refractivity contribution in [3.05, 3.63) is 61.2 Å². The van der Waals surface area contributed by atoms with Gasteiger partial charge in [-0.1, -0.05) is 0 Å². The Morgan fingerprint density at radius 1 is 0.538 bits per heavy atom. The van der Waals surface area contributed by atoms with Crippen LogP contribution in [0.4, 0.5) is 0 Å². The number of nitrogens with zero attached hydrogens (tertiary/aromatic N) is 2. The SMILES string of the molecule is c1cc[n+]([I-][n+]2ccccc2)cc1. The number of aromatic nitrogens is 2. The minimum atomic E-state index is -0.138. The molecule has 0 atom stereocenters. The zero-order valence-corrected chi connectivity index (χ0v) is 9.20. The van der Waals surface area contributed by atoms with Gasteiger partial charge in [0.1, 0.15) is 0 Å². The van der Waals surface area contributed by atoms with E-state index in [4.69, 9.17) is 0 Å². The van der Waals surface area contributed by atoms with Crippen LogP contribution in [0.1, 0.15) is 0 Å². The first kappa shape index (κ1) is 8.62. The number of hydrogen-bond donors (Lipinski definition) is 0. The Balaban J connectivity index is 2.16. The van der Waals surface area contributed by atoms with Gasteiger partial charge in [-0.15, -0.1) is 0 Å². The van der Waals surface area contributed by atoms with Crippen molar-refractivity contribution in [2.75, 3.05) is 0 Å². The summed E-state index contributed by atoms with van der Waals surface area (Å²) >= 11 is -0.138. The van der Waals surface area contributed by atoms with Gasteiger partial charge in [0.05, 0.1) is 0 Å². The van der Waals surface area contributed by atoms with Crippen LogP contribution in [0.5, 0.6) is 0 Å². The monoisotopic (exact) mass is 285 g/mol. The molecule has 0 aliphatic carbocycles. The summed E-state index contributed by atoms with van der Waals surface area (Å²) in [5.41, 5.74) is 0. The third-order valence-corrected chi connectivity index (χ3v) is 3.82. The fraction of sp³-hybridized carbons (Fsp3) is 0. The van der Waals surface area contributed by atoms with Crippen molar-refractivity contribution in [3.63, 3.8) is 0 Å². The summed E-state index contributed by atoms with van der Waals surface area (Å²) in [6.07, 6.45) is 8.42. The summed E-state index contributed by atoms with van der Waals surface area (Å²) in [4.78, 5) is 0. The molecule has 0 bridgehead atoms. The van der Waals surface area contributed by atoms with E-state index < -0.39 is 0 Å². The number of rotatable bonds is 2. The number of hydrogen-bond acceptors (Lipinski definition) is 0. The van der Waals surface area contributed by atoms with E-state index in [-0.39, 0.29) is 21.8 Å². The van der Waals surface area contributed by atoms with Crippen molar-refractivity contribution >= 4 is 0 Å².